The number of carbonyl (C=O) groups is 1. The predicted molar refractivity (Wildman–Crippen MR) is 80.0 cm³/mol. The van der Waals surface area contributed by atoms with Gasteiger partial charge in [0.15, 0.2) is 0 Å². The Labute approximate surface area is 117 Å². The summed E-state index contributed by atoms with van der Waals surface area (Å²) in [6.07, 6.45) is 18.5. The zero-order valence-corrected chi connectivity index (χ0v) is 12.3. The third-order valence-corrected chi connectivity index (χ3v) is 3.56. The molecule has 0 aliphatic carbocycles. The highest BCUT2D eigenvalue weighted by molar-refractivity contribution is 5.71. The minimum absolute atomic E-state index is 0.0901. The van der Waals surface area contributed by atoms with E-state index in [1.165, 1.54) is 32.1 Å². The van der Waals surface area contributed by atoms with Gasteiger partial charge in [-0.05, 0) is 50.9 Å². The molecule has 19 heavy (non-hydrogen) atoms. The van der Waals surface area contributed by atoms with E-state index in [9.17, 15) is 4.79 Å². The lowest BCUT2D eigenvalue weighted by molar-refractivity contribution is -0.142. The molecule has 0 aromatic rings. The number of esters is 1. The molecule has 1 aliphatic rings. The molecule has 1 unspecified atom stereocenters. The molecule has 0 saturated heterocycles. The average Bonchev–Trinajstić information content (AvgIpc) is 2.39. The van der Waals surface area contributed by atoms with E-state index in [0.717, 1.165) is 19.3 Å². The SMILES string of the molecule is CC1CC/C=C\CCCCC/C=C/CC(=O)OCC1. The van der Waals surface area contributed by atoms with Crippen LogP contribution in [0.3, 0.4) is 0 Å². The second-order valence-corrected chi connectivity index (χ2v) is 5.48. The van der Waals surface area contributed by atoms with Crippen LogP contribution in [0, 0.1) is 5.92 Å². The number of cyclic esters (lactones) is 1. The summed E-state index contributed by atoms with van der Waals surface area (Å²) in [5, 5.41) is 0. The van der Waals surface area contributed by atoms with Crippen LogP contribution in [0.25, 0.3) is 0 Å². The summed E-state index contributed by atoms with van der Waals surface area (Å²) in [6.45, 7) is 2.80. The summed E-state index contributed by atoms with van der Waals surface area (Å²) in [7, 11) is 0. The van der Waals surface area contributed by atoms with Gasteiger partial charge in [0.1, 0.15) is 0 Å². The summed E-state index contributed by atoms with van der Waals surface area (Å²) < 4.78 is 5.23. The van der Waals surface area contributed by atoms with Gasteiger partial charge in [-0.1, -0.05) is 37.6 Å². The minimum Gasteiger partial charge on any atom is -0.465 e. The molecule has 1 rings (SSSR count). The lowest BCUT2D eigenvalue weighted by Crippen LogP contribution is -2.07. The highest BCUT2D eigenvalue weighted by Crippen LogP contribution is 2.12. The largest absolute Gasteiger partial charge is 0.465 e. The Hall–Kier alpha value is -1.05. The van der Waals surface area contributed by atoms with Crippen molar-refractivity contribution in [1.29, 1.82) is 0 Å². The van der Waals surface area contributed by atoms with Gasteiger partial charge in [-0.15, -0.1) is 0 Å². The van der Waals surface area contributed by atoms with Crippen molar-refractivity contribution in [2.45, 2.75) is 64.7 Å². The molecular formula is C17H28O2. The molecule has 2 heteroatoms. The van der Waals surface area contributed by atoms with Gasteiger partial charge in [0.2, 0.25) is 0 Å². The molecule has 1 heterocycles. The topological polar surface area (TPSA) is 26.3 Å². The van der Waals surface area contributed by atoms with E-state index >= 15 is 0 Å². The van der Waals surface area contributed by atoms with Gasteiger partial charge in [0.25, 0.3) is 0 Å². The van der Waals surface area contributed by atoms with Crippen molar-refractivity contribution in [1.82, 2.24) is 0 Å². The zero-order valence-electron chi connectivity index (χ0n) is 12.3. The molecule has 0 aromatic heterocycles. The molecular weight excluding hydrogens is 236 g/mol. The molecule has 0 aromatic carbocycles. The standard InChI is InChI=1S/C17H28O2/c1-16-12-10-8-6-4-2-3-5-7-9-11-13-17(18)19-15-14-16/h6,8-9,11,16H,2-5,7,10,12-15H2,1H3/b8-6-,11-9+. The third kappa shape index (κ3) is 9.52. The van der Waals surface area contributed by atoms with Crippen LogP contribution in [0.5, 0.6) is 0 Å². The molecule has 0 spiro atoms. The number of rotatable bonds is 0. The first-order chi connectivity index (χ1) is 9.29. The molecule has 108 valence electrons. The Bertz CT molecular complexity index is 292. The van der Waals surface area contributed by atoms with Gasteiger partial charge in [-0.25, -0.2) is 0 Å². The Morgan fingerprint density at radius 3 is 2.42 bits per heavy atom. The Morgan fingerprint density at radius 2 is 1.63 bits per heavy atom. The lowest BCUT2D eigenvalue weighted by Gasteiger charge is -2.09. The number of allylic oxidation sites excluding steroid dienone is 3. The molecule has 0 fully saturated rings. The van der Waals surface area contributed by atoms with Crippen LogP contribution in [-0.2, 0) is 9.53 Å². The number of hydrogen-bond donors (Lipinski definition) is 0. The molecule has 1 aliphatic heterocycles. The van der Waals surface area contributed by atoms with E-state index in [1.807, 2.05) is 6.08 Å². The van der Waals surface area contributed by atoms with Crippen LogP contribution in [0.15, 0.2) is 24.3 Å². The van der Waals surface area contributed by atoms with Gasteiger partial charge in [-0.2, -0.15) is 0 Å². The van der Waals surface area contributed by atoms with Crippen LogP contribution < -0.4 is 0 Å². The average molecular weight is 264 g/mol. The van der Waals surface area contributed by atoms with E-state index in [2.05, 4.69) is 25.2 Å². The highest BCUT2D eigenvalue weighted by Gasteiger charge is 2.04. The van der Waals surface area contributed by atoms with Gasteiger partial charge in [0, 0.05) is 0 Å². The van der Waals surface area contributed by atoms with Crippen LogP contribution in [0.2, 0.25) is 0 Å². The van der Waals surface area contributed by atoms with E-state index in [0.29, 0.717) is 18.9 Å². The van der Waals surface area contributed by atoms with E-state index in [1.54, 1.807) is 0 Å². The molecule has 0 N–H and O–H groups in total. The summed E-state index contributed by atoms with van der Waals surface area (Å²) in [6, 6.07) is 0. The van der Waals surface area contributed by atoms with Crippen LogP contribution >= 0.6 is 0 Å². The van der Waals surface area contributed by atoms with Gasteiger partial charge in [-0.3, -0.25) is 4.79 Å². The van der Waals surface area contributed by atoms with Crippen LogP contribution in [-0.4, -0.2) is 12.6 Å². The van der Waals surface area contributed by atoms with Crippen molar-refractivity contribution in [3.05, 3.63) is 24.3 Å². The monoisotopic (exact) mass is 264 g/mol. The maximum atomic E-state index is 11.5. The molecule has 1 atom stereocenters. The maximum Gasteiger partial charge on any atom is 0.309 e. The third-order valence-electron chi connectivity index (χ3n) is 3.56. The molecule has 0 bridgehead atoms. The first-order valence-corrected chi connectivity index (χ1v) is 7.74. The van der Waals surface area contributed by atoms with Crippen molar-refractivity contribution in [2.24, 2.45) is 5.92 Å². The minimum atomic E-state index is -0.0901. The van der Waals surface area contributed by atoms with Gasteiger partial charge in [0.05, 0.1) is 13.0 Å². The summed E-state index contributed by atoms with van der Waals surface area (Å²) in [4.78, 5) is 11.5. The van der Waals surface area contributed by atoms with Crippen molar-refractivity contribution in [3.63, 3.8) is 0 Å². The fourth-order valence-electron chi connectivity index (χ4n) is 2.19. The smallest absolute Gasteiger partial charge is 0.309 e. The Morgan fingerprint density at radius 1 is 0.947 bits per heavy atom. The van der Waals surface area contributed by atoms with Crippen molar-refractivity contribution >= 4 is 5.97 Å². The molecule has 0 saturated carbocycles. The van der Waals surface area contributed by atoms with Crippen LogP contribution in [0.1, 0.15) is 64.7 Å². The Balaban J connectivity index is 2.33. The van der Waals surface area contributed by atoms with E-state index in [-0.39, 0.29) is 5.97 Å². The van der Waals surface area contributed by atoms with Gasteiger partial charge >= 0.3 is 5.97 Å². The summed E-state index contributed by atoms with van der Waals surface area (Å²) >= 11 is 0. The summed E-state index contributed by atoms with van der Waals surface area (Å²) in [5.41, 5.74) is 0. The second kappa shape index (κ2) is 10.8. The predicted octanol–water partition coefficient (Wildman–Crippen LogP) is 4.80. The fourth-order valence-corrected chi connectivity index (χ4v) is 2.19. The Kier molecular flexibility index (Phi) is 9.13. The molecule has 0 radical (unpaired) electrons. The fraction of sp³-hybridized carbons (Fsp3) is 0.706. The number of hydrogen-bond acceptors (Lipinski definition) is 2. The normalized spacial score (nSPS) is 28.1. The van der Waals surface area contributed by atoms with E-state index < -0.39 is 0 Å². The van der Waals surface area contributed by atoms with Gasteiger partial charge < -0.3 is 4.74 Å². The first kappa shape index (κ1) is 16.0. The van der Waals surface area contributed by atoms with Crippen molar-refractivity contribution < 1.29 is 9.53 Å². The summed E-state index contributed by atoms with van der Waals surface area (Å²) in [5.74, 6) is 0.538. The number of ether oxygens (including phenoxy) is 1. The van der Waals surface area contributed by atoms with E-state index in [4.69, 9.17) is 4.74 Å². The first-order valence-electron chi connectivity index (χ1n) is 7.74. The van der Waals surface area contributed by atoms with Crippen molar-refractivity contribution in [3.8, 4) is 0 Å². The maximum absolute atomic E-state index is 11.5. The molecule has 0 amide bonds. The highest BCUT2D eigenvalue weighted by atomic mass is 16.5. The quantitative estimate of drug-likeness (QED) is 0.464. The molecule has 2 nitrogen and oxygen atoms in total. The number of carbonyl (C=O) groups excluding carboxylic acids is 1. The zero-order chi connectivity index (χ0) is 13.8. The van der Waals surface area contributed by atoms with Crippen molar-refractivity contribution in [2.75, 3.05) is 6.61 Å². The van der Waals surface area contributed by atoms with Crippen LogP contribution in [0.4, 0.5) is 0 Å². The second-order valence-electron chi connectivity index (χ2n) is 5.48. The lowest BCUT2D eigenvalue weighted by atomic mass is 10.0.